The average molecular weight is 335 g/mol. The van der Waals surface area contributed by atoms with Crippen LogP contribution in [0.2, 0.25) is 0 Å². The monoisotopic (exact) mass is 334 g/mol. The van der Waals surface area contributed by atoms with Crippen molar-refractivity contribution in [3.05, 3.63) is 35.4 Å². The van der Waals surface area contributed by atoms with Crippen molar-refractivity contribution in [2.24, 2.45) is 11.1 Å². The van der Waals surface area contributed by atoms with Gasteiger partial charge < -0.3 is 11.1 Å². The summed E-state index contributed by atoms with van der Waals surface area (Å²) in [5.41, 5.74) is 5.55. The molecule has 0 heterocycles. The van der Waals surface area contributed by atoms with E-state index in [9.17, 15) is 13.6 Å². The Balaban J connectivity index is 0.00000441. The number of rotatable bonds is 7. The average Bonchev–Trinajstić information content (AvgIpc) is 2.47. The van der Waals surface area contributed by atoms with Gasteiger partial charge in [0.05, 0.1) is 5.41 Å². The summed E-state index contributed by atoms with van der Waals surface area (Å²) >= 11 is 0. The number of hydrogen-bond acceptors (Lipinski definition) is 2. The fraction of sp³-hybridized carbons (Fsp3) is 0.562. The molecule has 126 valence electrons. The first-order chi connectivity index (χ1) is 9.90. The number of nitrogens with one attached hydrogen (secondary N) is 1. The molecule has 1 aromatic carbocycles. The highest BCUT2D eigenvalue weighted by Crippen LogP contribution is 2.25. The lowest BCUT2D eigenvalue weighted by Crippen LogP contribution is -2.46. The van der Waals surface area contributed by atoms with Gasteiger partial charge in [0.25, 0.3) is 0 Å². The predicted molar refractivity (Wildman–Crippen MR) is 87.1 cm³/mol. The van der Waals surface area contributed by atoms with Gasteiger partial charge in [-0.1, -0.05) is 26.8 Å². The van der Waals surface area contributed by atoms with Crippen LogP contribution in [0.1, 0.15) is 45.1 Å². The molecule has 0 saturated carbocycles. The molecule has 0 spiro atoms. The minimum atomic E-state index is -0.605. The highest BCUT2D eigenvalue weighted by molar-refractivity contribution is 5.85. The second-order valence-electron chi connectivity index (χ2n) is 5.47. The molecule has 3 nitrogen and oxygen atoms in total. The molecule has 3 N–H and O–H groups in total. The van der Waals surface area contributed by atoms with E-state index in [4.69, 9.17) is 5.73 Å². The van der Waals surface area contributed by atoms with Crippen LogP contribution in [0.25, 0.3) is 0 Å². The van der Waals surface area contributed by atoms with Gasteiger partial charge in [-0.05, 0) is 24.5 Å². The van der Waals surface area contributed by atoms with Crippen LogP contribution in [-0.4, -0.2) is 19.0 Å². The van der Waals surface area contributed by atoms with Crippen LogP contribution in [0.4, 0.5) is 8.78 Å². The van der Waals surface area contributed by atoms with Gasteiger partial charge in [0, 0.05) is 25.1 Å². The summed E-state index contributed by atoms with van der Waals surface area (Å²) < 4.78 is 26.6. The molecule has 0 bridgehead atoms. The first-order valence-electron chi connectivity index (χ1n) is 7.33. The molecule has 1 amide bonds. The number of amides is 1. The van der Waals surface area contributed by atoms with Crippen molar-refractivity contribution >= 4 is 18.3 Å². The number of carbonyl (C=O) groups excluding carboxylic acids is 1. The molecule has 22 heavy (non-hydrogen) atoms. The second kappa shape index (κ2) is 9.06. The summed E-state index contributed by atoms with van der Waals surface area (Å²) in [5, 5.41) is 2.84. The van der Waals surface area contributed by atoms with Gasteiger partial charge in [0.2, 0.25) is 5.91 Å². The largest absolute Gasteiger partial charge is 0.355 e. The number of halogens is 3. The molecule has 1 unspecified atom stereocenters. The summed E-state index contributed by atoms with van der Waals surface area (Å²) in [4.78, 5) is 12.3. The molecule has 0 fully saturated rings. The van der Waals surface area contributed by atoms with Crippen molar-refractivity contribution in [1.29, 1.82) is 0 Å². The van der Waals surface area contributed by atoms with Crippen LogP contribution in [-0.2, 0) is 4.79 Å². The third-order valence-corrected chi connectivity index (χ3v) is 4.29. The van der Waals surface area contributed by atoms with Crippen LogP contribution in [0.3, 0.4) is 0 Å². The van der Waals surface area contributed by atoms with Crippen LogP contribution in [0, 0.1) is 17.0 Å². The van der Waals surface area contributed by atoms with Crippen molar-refractivity contribution in [1.82, 2.24) is 5.32 Å². The number of benzene rings is 1. The zero-order valence-electron chi connectivity index (χ0n) is 13.3. The standard InChI is InChI=1S/C16H24F2N2O.ClH/c1-4-16(5-2,10-19)15(21)20-9-11(3)13-7-6-12(17)8-14(13)18;/h6-8,11H,4-5,9-10,19H2,1-3H3,(H,20,21);1H. The van der Waals surface area contributed by atoms with Gasteiger partial charge in [-0.2, -0.15) is 0 Å². The summed E-state index contributed by atoms with van der Waals surface area (Å²) in [6.45, 7) is 6.23. The van der Waals surface area contributed by atoms with Gasteiger partial charge >= 0.3 is 0 Å². The lowest BCUT2D eigenvalue weighted by molar-refractivity contribution is -0.131. The van der Waals surface area contributed by atoms with Crippen molar-refractivity contribution in [3.63, 3.8) is 0 Å². The molecule has 0 aliphatic rings. The van der Waals surface area contributed by atoms with E-state index in [0.717, 1.165) is 6.07 Å². The maximum atomic E-state index is 13.7. The smallest absolute Gasteiger partial charge is 0.227 e. The minimum Gasteiger partial charge on any atom is -0.355 e. The fourth-order valence-electron chi connectivity index (χ4n) is 2.40. The van der Waals surface area contributed by atoms with Crippen LogP contribution >= 0.6 is 12.4 Å². The van der Waals surface area contributed by atoms with E-state index in [0.29, 0.717) is 24.9 Å². The number of nitrogens with two attached hydrogens (primary N) is 1. The first-order valence-corrected chi connectivity index (χ1v) is 7.33. The lowest BCUT2D eigenvalue weighted by atomic mass is 9.81. The maximum absolute atomic E-state index is 13.7. The molecule has 0 aliphatic heterocycles. The Labute approximate surface area is 137 Å². The Bertz CT molecular complexity index is 485. The van der Waals surface area contributed by atoms with E-state index < -0.39 is 17.0 Å². The van der Waals surface area contributed by atoms with E-state index in [1.807, 2.05) is 13.8 Å². The van der Waals surface area contributed by atoms with Crippen molar-refractivity contribution in [2.45, 2.75) is 39.5 Å². The number of carbonyl (C=O) groups is 1. The highest BCUT2D eigenvalue weighted by atomic mass is 35.5. The topological polar surface area (TPSA) is 55.1 Å². The lowest BCUT2D eigenvalue weighted by Gasteiger charge is -2.29. The Hall–Kier alpha value is -1.20. The predicted octanol–water partition coefficient (Wildman–Crippen LogP) is 3.37. The first kappa shape index (κ1) is 20.8. The Morgan fingerprint density at radius 2 is 1.91 bits per heavy atom. The summed E-state index contributed by atoms with van der Waals surface area (Å²) in [6.07, 6.45) is 1.32. The molecule has 1 aromatic rings. The molecule has 1 rings (SSSR count). The van der Waals surface area contributed by atoms with E-state index in [2.05, 4.69) is 5.32 Å². The molecular weight excluding hydrogens is 310 g/mol. The van der Waals surface area contributed by atoms with Gasteiger partial charge in [-0.25, -0.2) is 8.78 Å². The van der Waals surface area contributed by atoms with Crippen LogP contribution in [0.15, 0.2) is 18.2 Å². The molecule has 0 aliphatic carbocycles. The molecular formula is C16H25ClF2N2O. The second-order valence-corrected chi connectivity index (χ2v) is 5.47. The maximum Gasteiger partial charge on any atom is 0.227 e. The summed E-state index contributed by atoms with van der Waals surface area (Å²) in [7, 11) is 0. The third-order valence-electron chi connectivity index (χ3n) is 4.29. The zero-order valence-corrected chi connectivity index (χ0v) is 14.1. The van der Waals surface area contributed by atoms with Crippen molar-refractivity contribution in [3.8, 4) is 0 Å². The molecule has 0 radical (unpaired) electrons. The quantitative estimate of drug-likeness (QED) is 0.803. The van der Waals surface area contributed by atoms with Gasteiger partial charge in [0.1, 0.15) is 11.6 Å². The van der Waals surface area contributed by atoms with E-state index in [-0.39, 0.29) is 30.8 Å². The van der Waals surface area contributed by atoms with Crippen molar-refractivity contribution < 1.29 is 13.6 Å². The van der Waals surface area contributed by atoms with E-state index in [1.165, 1.54) is 12.1 Å². The molecule has 0 saturated heterocycles. The molecule has 1 atom stereocenters. The SMILES string of the molecule is CCC(CC)(CN)C(=O)NCC(C)c1ccc(F)cc1F.Cl. The van der Waals surface area contributed by atoms with Crippen molar-refractivity contribution in [2.75, 3.05) is 13.1 Å². The van der Waals surface area contributed by atoms with Gasteiger partial charge in [-0.15, -0.1) is 12.4 Å². The summed E-state index contributed by atoms with van der Waals surface area (Å²) in [5.74, 6) is -1.54. The molecule has 0 aromatic heterocycles. The molecule has 6 heteroatoms. The Morgan fingerprint density at radius 3 is 2.36 bits per heavy atom. The van der Waals surface area contributed by atoms with E-state index in [1.54, 1.807) is 6.92 Å². The van der Waals surface area contributed by atoms with Gasteiger partial charge in [-0.3, -0.25) is 4.79 Å². The Morgan fingerprint density at radius 1 is 1.32 bits per heavy atom. The third kappa shape index (κ3) is 4.65. The normalized spacial score (nSPS) is 12.5. The van der Waals surface area contributed by atoms with Crippen LogP contribution in [0.5, 0.6) is 0 Å². The zero-order chi connectivity index (χ0) is 16.0. The van der Waals surface area contributed by atoms with Gasteiger partial charge in [0.15, 0.2) is 0 Å². The minimum absolute atomic E-state index is 0. The van der Waals surface area contributed by atoms with Crippen LogP contribution < -0.4 is 11.1 Å². The number of hydrogen-bond donors (Lipinski definition) is 2. The Kier molecular flexibility index (Phi) is 8.56. The van der Waals surface area contributed by atoms with E-state index >= 15 is 0 Å². The summed E-state index contributed by atoms with van der Waals surface area (Å²) in [6, 6.07) is 3.49. The highest BCUT2D eigenvalue weighted by Gasteiger charge is 2.33. The fourth-order valence-corrected chi connectivity index (χ4v) is 2.40.